The third-order valence-corrected chi connectivity index (χ3v) is 1.60. The van der Waals surface area contributed by atoms with E-state index in [2.05, 4.69) is 9.98 Å². The van der Waals surface area contributed by atoms with Crippen LogP contribution in [0.5, 0.6) is 0 Å². The van der Waals surface area contributed by atoms with Crippen molar-refractivity contribution >= 4 is 12.2 Å². The summed E-state index contributed by atoms with van der Waals surface area (Å²) in [4.78, 5) is 24.2. The van der Waals surface area contributed by atoms with Crippen LogP contribution in [0.3, 0.4) is 0 Å². The van der Waals surface area contributed by atoms with Crippen LogP contribution in [0.1, 0.15) is 0 Å². The molecule has 0 aliphatic heterocycles. The minimum atomic E-state index is -0.160. The van der Waals surface area contributed by atoms with Crippen LogP contribution in [-0.2, 0) is 9.59 Å². The molecule has 0 unspecified atom stereocenters. The molecule has 96 valence electrons. The van der Waals surface area contributed by atoms with Gasteiger partial charge in [-0.15, -0.1) is 0 Å². The molecule has 0 fully saturated rings. The van der Waals surface area contributed by atoms with Gasteiger partial charge in [0.05, 0.1) is 0 Å². The third-order valence-electron chi connectivity index (χ3n) is 1.60. The second-order valence-corrected chi connectivity index (χ2v) is 2.95. The zero-order chi connectivity index (χ0) is 14.0. The van der Waals surface area contributed by atoms with Gasteiger partial charge in [-0.3, -0.25) is 0 Å². The van der Waals surface area contributed by atoms with E-state index in [4.69, 9.17) is 0 Å². The Morgan fingerprint density at radius 3 is 0.895 bits per heavy atom. The minimum Gasteiger partial charge on any atom is -0.211 e. The maximum absolute atomic E-state index is 9.20. The summed E-state index contributed by atoms with van der Waals surface area (Å²) in [7, 11) is 0. The zero-order valence-corrected chi connectivity index (χ0v) is 10.3. The maximum atomic E-state index is 9.20. The lowest BCUT2D eigenvalue weighted by Crippen LogP contribution is -1.66. The fraction of sp³-hybridized carbons (Fsp3) is 0.0667. The standard InChI is InChI=1S/2C6H6.C3H2N2O2/c2*1-2-4-6-5-3-1;6-2-4-1-5-3-7/h2*1-6H;1H2. The molecule has 0 amide bonds. The quantitative estimate of drug-likeness (QED) is 0.611. The number of benzene rings is 2. The molecule has 19 heavy (non-hydrogen) atoms. The zero-order valence-electron chi connectivity index (χ0n) is 10.3. The van der Waals surface area contributed by atoms with Crippen LogP contribution in [0.25, 0.3) is 0 Å². The van der Waals surface area contributed by atoms with Gasteiger partial charge in [0.25, 0.3) is 0 Å². The average Bonchev–Trinajstić information content (AvgIpc) is 2.53. The van der Waals surface area contributed by atoms with Gasteiger partial charge in [0.1, 0.15) is 0 Å². The predicted molar refractivity (Wildman–Crippen MR) is 74.0 cm³/mol. The van der Waals surface area contributed by atoms with E-state index < -0.39 is 0 Å². The molecule has 2 aromatic carbocycles. The van der Waals surface area contributed by atoms with Crippen molar-refractivity contribution in [2.24, 2.45) is 9.98 Å². The van der Waals surface area contributed by atoms with E-state index >= 15 is 0 Å². The molecule has 2 aromatic rings. The molecule has 0 bridgehead atoms. The first-order valence-corrected chi connectivity index (χ1v) is 5.49. The van der Waals surface area contributed by atoms with E-state index in [1.165, 1.54) is 12.2 Å². The Labute approximate surface area is 112 Å². The molecule has 0 aliphatic carbocycles. The normalized spacial score (nSPS) is 7.16. The van der Waals surface area contributed by atoms with Crippen LogP contribution in [0.2, 0.25) is 0 Å². The van der Waals surface area contributed by atoms with E-state index in [0.717, 1.165) is 0 Å². The van der Waals surface area contributed by atoms with Gasteiger partial charge in [0.2, 0.25) is 12.2 Å². The van der Waals surface area contributed by atoms with E-state index in [0.29, 0.717) is 0 Å². The third kappa shape index (κ3) is 15.2. The van der Waals surface area contributed by atoms with Crippen LogP contribution >= 0.6 is 0 Å². The summed E-state index contributed by atoms with van der Waals surface area (Å²) >= 11 is 0. The molecular formula is C15H14N2O2. The topological polar surface area (TPSA) is 58.9 Å². The largest absolute Gasteiger partial charge is 0.236 e. The highest BCUT2D eigenvalue weighted by molar-refractivity contribution is 5.35. The van der Waals surface area contributed by atoms with Crippen LogP contribution in [0.4, 0.5) is 0 Å². The molecular weight excluding hydrogens is 240 g/mol. The van der Waals surface area contributed by atoms with Gasteiger partial charge in [-0.2, -0.15) is 9.98 Å². The average molecular weight is 254 g/mol. The molecule has 4 heteroatoms. The van der Waals surface area contributed by atoms with Gasteiger partial charge < -0.3 is 0 Å². The summed E-state index contributed by atoms with van der Waals surface area (Å²) in [5, 5.41) is 0. The van der Waals surface area contributed by atoms with Crippen molar-refractivity contribution in [1.82, 2.24) is 0 Å². The van der Waals surface area contributed by atoms with Crippen LogP contribution < -0.4 is 0 Å². The molecule has 0 heterocycles. The van der Waals surface area contributed by atoms with Crippen molar-refractivity contribution in [3.05, 3.63) is 72.8 Å². The predicted octanol–water partition coefficient (Wildman–Crippen LogP) is 2.99. The van der Waals surface area contributed by atoms with Crippen LogP contribution in [0, 0.1) is 0 Å². The number of rotatable bonds is 2. The molecule has 2 rings (SSSR count). The van der Waals surface area contributed by atoms with Gasteiger partial charge >= 0.3 is 0 Å². The first-order valence-electron chi connectivity index (χ1n) is 5.49. The number of aliphatic imine (C=N–C) groups is 2. The molecule has 0 aromatic heterocycles. The van der Waals surface area contributed by atoms with Crippen LogP contribution in [-0.4, -0.2) is 18.8 Å². The second-order valence-electron chi connectivity index (χ2n) is 2.95. The molecule has 0 N–H and O–H groups in total. The second kappa shape index (κ2) is 15.2. The van der Waals surface area contributed by atoms with Gasteiger partial charge in [0, 0.05) is 0 Å². The Hall–Kier alpha value is -2.80. The monoisotopic (exact) mass is 254 g/mol. The van der Waals surface area contributed by atoms with Crippen molar-refractivity contribution < 1.29 is 9.59 Å². The SMILES string of the molecule is O=C=NCN=C=O.c1ccccc1.c1ccccc1. The first kappa shape index (κ1) is 16.2. The number of nitrogens with zero attached hydrogens (tertiary/aromatic N) is 2. The number of isocyanates is 2. The number of hydrogen-bond acceptors (Lipinski definition) is 4. The van der Waals surface area contributed by atoms with Gasteiger partial charge in [0.15, 0.2) is 6.67 Å². The summed E-state index contributed by atoms with van der Waals surface area (Å²) < 4.78 is 0. The summed E-state index contributed by atoms with van der Waals surface area (Å²) in [6.45, 7) is -0.160. The Morgan fingerprint density at radius 2 is 0.737 bits per heavy atom. The summed E-state index contributed by atoms with van der Waals surface area (Å²) in [5.41, 5.74) is 0. The van der Waals surface area contributed by atoms with Crippen molar-refractivity contribution in [3.63, 3.8) is 0 Å². The smallest absolute Gasteiger partial charge is 0.211 e. The molecule has 0 aliphatic rings. The van der Waals surface area contributed by atoms with E-state index in [-0.39, 0.29) is 6.67 Å². The Morgan fingerprint density at radius 1 is 0.526 bits per heavy atom. The molecule has 4 nitrogen and oxygen atoms in total. The molecule has 0 atom stereocenters. The number of carbonyl (C=O) groups excluding carboxylic acids is 2. The van der Waals surface area contributed by atoms with Crippen molar-refractivity contribution in [3.8, 4) is 0 Å². The lowest BCUT2D eigenvalue weighted by atomic mass is 10.4. The van der Waals surface area contributed by atoms with Gasteiger partial charge in [-0.25, -0.2) is 9.59 Å². The van der Waals surface area contributed by atoms with Crippen molar-refractivity contribution in [2.75, 3.05) is 6.67 Å². The Bertz CT molecular complexity index is 387. The minimum absolute atomic E-state index is 0.160. The lowest BCUT2D eigenvalue weighted by molar-refractivity contribution is 0.560. The summed E-state index contributed by atoms with van der Waals surface area (Å²) in [6.07, 6.45) is 2.41. The Kier molecular flexibility index (Phi) is 13.0. The first-order chi connectivity index (χ1) is 9.41. The fourth-order valence-corrected chi connectivity index (χ4v) is 0.863. The molecule has 0 spiro atoms. The summed E-state index contributed by atoms with van der Waals surface area (Å²) in [5.74, 6) is 0. The molecule has 0 saturated carbocycles. The van der Waals surface area contributed by atoms with Crippen molar-refractivity contribution in [1.29, 1.82) is 0 Å². The van der Waals surface area contributed by atoms with Gasteiger partial charge in [-0.1, -0.05) is 72.8 Å². The Balaban J connectivity index is 0.000000256. The summed E-state index contributed by atoms with van der Waals surface area (Å²) in [6, 6.07) is 24.0. The molecule has 0 saturated heterocycles. The van der Waals surface area contributed by atoms with E-state index in [1.807, 2.05) is 72.8 Å². The van der Waals surface area contributed by atoms with Crippen molar-refractivity contribution in [2.45, 2.75) is 0 Å². The maximum Gasteiger partial charge on any atom is 0.236 e. The van der Waals surface area contributed by atoms with Crippen LogP contribution in [0.15, 0.2) is 82.8 Å². The highest BCUT2D eigenvalue weighted by Gasteiger charge is 1.63. The van der Waals surface area contributed by atoms with E-state index in [9.17, 15) is 9.59 Å². The molecule has 0 radical (unpaired) electrons. The van der Waals surface area contributed by atoms with E-state index in [1.54, 1.807) is 0 Å². The highest BCUT2D eigenvalue weighted by atomic mass is 16.1. The van der Waals surface area contributed by atoms with Gasteiger partial charge in [-0.05, 0) is 0 Å². The lowest BCUT2D eigenvalue weighted by Gasteiger charge is -1.69. The number of hydrogen-bond donors (Lipinski definition) is 0. The highest BCUT2D eigenvalue weighted by Crippen LogP contribution is 1.80. The fourth-order valence-electron chi connectivity index (χ4n) is 0.863.